The molecule has 4 heteroatoms. The lowest BCUT2D eigenvalue weighted by molar-refractivity contribution is 0.429. The summed E-state index contributed by atoms with van der Waals surface area (Å²) in [6.07, 6.45) is 4.41. The molecule has 0 aliphatic heterocycles. The van der Waals surface area contributed by atoms with Crippen molar-refractivity contribution >= 4 is 11.8 Å². The van der Waals surface area contributed by atoms with E-state index in [0.29, 0.717) is 5.25 Å². The lowest BCUT2D eigenvalue weighted by Gasteiger charge is -2.25. The first-order valence-electron chi connectivity index (χ1n) is 5.82. The highest BCUT2D eigenvalue weighted by molar-refractivity contribution is 7.99. The van der Waals surface area contributed by atoms with Gasteiger partial charge in [-0.2, -0.15) is 5.26 Å². The molecule has 2 atom stereocenters. The Morgan fingerprint density at radius 3 is 2.71 bits per heavy atom. The van der Waals surface area contributed by atoms with Crippen molar-refractivity contribution in [2.75, 3.05) is 6.54 Å². The SMILES string of the molecule is CCNC(C)(C#N)CC(C)Sc1ccncc1. The van der Waals surface area contributed by atoms with Gasteiger partial charge in [-0.15, -0.1) is 11.8 Å². The van der Waals surface area contributed by atoms with Crippen molar-refractivity contribution in [3.63, 3.8) is 0 Å². The van der Waals surface area contributed by atoms with Crippen molar-refractivity contribution < 1.29 is 0 Å². The zero-order chi connectivity index (χ0) is 12.7. The molecular weight excluding hydrogens is 230 g/mol. The van der Waals surface area contributed by atoms with Gasteiger partial charge in [0.05, 0.1) is 6.07 Å². The van der Waals surface area contributed by atoms with Gasteiger partial charge in [-0.05, 0) is 32.0 Å². The largest absolute Gasteiger partial charge is 0.300 e. The second-order valence-electron chi connectivity index (χ2n) is 4.29. The summed E-state index contributed by atoms with van der Waals surface area (Å²) in [5.74, 6) is 0. The topological polar surface area (TPSA) is 48.7 Å². The Balaban J connectivity index is 2.55. The Bertz CT molecular complexity index is 374. The quantitative estimate of drug-likeness (QED) is 0.788. The first-order chi connectivity index (χ1) is 8.09. The molecular formula is C13H19N3S. The summed E-state index contributed by atoms with van der Waals surface area (Å²) in [7, 11) is 0. The molecule has 0 aromatic carbocycles. The van der Waals surface area contributed by atoms with Gasteiger partial charge in [-0.25, -0.2) is 0 Å². The molecule has 92 valence electrons. The summed E-state index contributed by atoms with van der Waals surface area (Å²) < 4.78 is 0. The first kappa shape index (κ1) is 14.0. The predicted molar refractivity (Wildman–Crippen MR) is 71.9 cm³/mol. The van der Waals surface area contributed by atoms with Crippen LogP contribution in [0.1, 0.15) is 27.2 Å². The van der Waals surface area contributed by atoms with Crippen LogP contribution in [0.15, 0.2) is 29.4 Å². The van der Waals surface area contributed by atoms with Crippen LogP contribution in [0.4, 0.5) is 0 Å². The van der Waals surface area contributed by atoms with E-state index < -0.39 is 5.54 Å². The number of aromatic nitrogens is 1. The fraction of sp³-hybridized carbons (Fsp3) is 0.538. The molecule has 0 spiro atoms. The van der Waals surface area contributed by atoms with E-state index in [0.717, 1.165) is 13.0 Å². The average molecular weight is 249 g/mol. The van der Waals surface area contributed by atoms with Crippen LogP contribution in [-0.2, 0) is 0 Å². The molecule has 1 aromatic heterocycles. The third-order valence-electron chi connectivity index (χ3n) is 2.50. The van der Waals surface area contributed by atoms with E-state index in [1.807, 2.05) is 26.0 Å². The van der Waals surface area contributed by atoms with Gasteiger partial charge in [-0.3, -0.25) is 10.3 Å². The number of thioether (sulfide) groups is 1. The van der Waals surface area contributed by atoms with Crippen molar-refractivity contribution in [2.45, 2.75) is 42.9 Å². The lowest BCUT2D eigenvalue weighted by atomic mass is 9.98. The third kappa shape index (κ3) is 4.76. The number of nitrogens with zero attached hydrogens (tertiary/aromatic N) is 2. The molecule has 17 heavy (non-hydrogen) atoms. The average Bonchev–Trinajstić information content (AvgIpc) is 2.30. The van der Waals surface area contributed by atoms with Crippen LogP contribution in [0.25, 0.3) is 0 Å². The van der Waals surface area contributed by atoms with Crippen molar-refractivity contribution in [3.05, 3.63) is 24.5 Å². The molecule has 0 amide bonds. The second kappa shape index (κ2) is 6.63. The van der Waals surface area contributed by atoms with E-state index >= 15 is 0 Å². The number of rotatable bonds is 6. The zero-order valence-corrected chi connectivity index (χ0v) is 11.4. The number of hydrogen-bond donors (Lipinski definition) is 1. The van der Waals surface area contributed by atoms with E-state index in [4.69, 9.17) is 0 Å². The van der Waals surface area contributed by atoms with Crippen LogP contribution in [0, 0.1) is 11.3 Å². The number of nitriles is 1. The minimum Gasteiger partial charge on any atom is -0.300 e. The minimum atomic E-state index is -0.436. The van der Waals surface area contributed by atoms with Gasteiger partial charge < -0.3 is 0 Å². The maximum Gasteiger partial charge on any atom is 0.104 e. The molecule has 0 fully saturated rings. The van der Waals surface area contributed by atoms with Crippen LogP contribution in [0.5, 0.6) is 0 Å². The fourth-order valence-corrected chi connectivity index (χ4v) is 2.97. The molecule has 3 nitrogen and oxygen atoms in total. The molecule has 0 bridgehead atoms. The fourth-order valence-electron chi connectivity index (χ4n) is 1.81. The highest BCUT2D eigenvalue weighted by atomic mass is 32.2. The summed E-state index contributed by atoms with van der Waals surface area (Å²) in [6.45, 7) is 6.95. The van der Waals surface area contributed by atoms with Gasteiger partial charge in [0, 0.05) is 22.5 Å². The van der Waals surface area contributed by atoms with Crippen molar-refractivity contribution in [1.29, 1.82) is 5.26 Å². The second-order valence-corrected chi connectivity index (χ2v) is 5.80. The molecule has 0 saturated carbocycles. The summed E-state index contributed by atoms with van der Waals surface area (Å²) in [5, 5.41) is 12.8. The van der Waals surface area contributed by atoms with Crippen LogP contribution in [-0.4, -0.2) is 22.3 Å². The van der Waals surface area contributed by atoms with Gasteiger partial charge in [0.1, 0.15) is 5.54 Å². The van der Waals surface area contributed by atoms with Gasteiger partial charge >= 0.3 is 0 Å². The van der Waals surface area contributed by atoms with Gasteiger partial charge in [0.25, 0.3) is 0 Å². The van der Waals surface area contributed by atoms with E-state index in [1.54, 1.807) is 24.2 Å². The maximum absolute atomic E-state index is 9.20. The molecule has 1 heterocycles. The van der Waals surface area contributed by atoms with Crippen LogP contribution in [0.2, 0.25) is 0 Å². The minimum absolute atomic E-state index is 0.390. The Kier molecular flexibility index (Phi) is 5.46. The van der Waals surface area contributed by atoms with Crippen LogP contribution < -0.4 is 5.32 Å². The third-order valence-corrected chi connectivity index (χ3v) is 3.61. The Hall–Kier alpha value is -1.05. The van der Waals surface area contributed by atoms with Crippen LogP contribution >= 0.6 is 11.8 Å². The monoisotopic (exact) mass is 249 g/mol. The summed E-state index contributed by atoms with van der Waals surface area (Å²) in [6, 6.07) is 6.36. The molecule has 1 N–H and O–H groups in total. The first-order valence-corrected chi connectivity index (χ1v) is 6.70. The predicted octanol–water partition coefficient (Wildman–Crippen LogP) is 2.84. The van der Waals surface area contributed by atoms with Gasteiger partial charge in [-0.1, -0.05) is 13.8 Å². The van der Waals surface area contributed by atoms with Gasteiger partial charge in [0.15, 0.2) is 0 Å². The number of nitrogens with one attached hydrogen (secondary N) is 1. The zero-order valence-electron chi connectivity index (χ0n) is 10.6. The van der Waals surface area contributed by atoms with Crippen molar-refractivity contribution in [2.24, 2.45) is 0 Å². The summed E-state index contributed by atoms with van der Waals surface area (Å²) in [4.78, 5) is 5.19. The molecule has 0 saturated heterocycles. The van der Waals surface area contributed by atoms with Gasteiger partial charge in [0.2, 0.25) is 0 Å². The number of pyridine rings is 1. The smallest absolute Gasteiger partial charge is 0.104 e. The molecule has 2 unspecified atom stereocenters. The van der Waals surface area contributed by atoms with Crippen molar-refractivity contribution in [3.8, 4) is 6.07 Å². The van der Waals surface area contributed by atoms with E-state index in [-0.39, 0.29) is 0 Å². The molecule has 1 rings (SSSR count). The van der Waals surface area contributed by atoms with Crippen molar-refractivity contribution in [1.82, 2.24) is 10.3 Å². The summed E-state index contributed by atoms with van der Waals surface area (Å²) >= 11 is 1.78. The van der Waals surface area contributed by atoms with E-state index in [1.165, 1.54) is 4.90 Å². The molecule has 0 aliphatic carbocycles. The highest BCUT2D eigenvalue weighted by Gasteiger charge is 2.25. The Morgan fingerprint density at radius 2 is 2.18 bits per heavy atom. The molecule has 0 radical (unpaired) electrons. The maximum atomic E-state index is 9.20. The van der Waals surface area contributed by atoms with E-state index in [9.17, 15) is 5.26 Å². The lowest BCUT2D eigenvalue weighted by Crippen LogP contribution is -2.42. The van der Waals surface area contributed by atoms with E-state index in [2.05, 4.69) is 23.3 Å². The Morgan fingerprint density at radius 1 is 1.53 bits per heavy atom. The number of hydrogen-bond acceptors (Lipinski definition) is 4. The highest BCUT2D eigenvalue weighted by Crippen LogP contribution is 2.27. The van der Waals surface area contributed by atoms with Crippen LogP contribution in [0.3, 0.4) is 0 Å². The summed E-state index contributed by atoms with van der Waals surface area (Å²) in [5.41, 5.74) is -0.436. The normalized spacial score (nSPS) is 15.9. The standard InChI is InChI=1S/C13H19N3S/c1-4-16-13(3,10-14)9-11(2)17-12-5-7-15-8-6-12/h5-8,11,16H,4,9H2,1-3H3. The molecule has 0 aliphatic rings. The molecule has 1 aromatic rings. The Labute approximate surface area is 108 Å².